The van der Waals surface area contributed by atoms with E-state index in [0.29, 0.717) is 0 Å². The summed E-state index contributed by atoms with van der Waals surface area (Å²) in [5.41, 5.74) is 0. The van der Waals surface area contributed by atoms with Gasteiger partial charge in [0.1, 0.15) is 0 Å². The van der Waals surface area contributed by atoms with Crippen LogP contribution in [0.25, 0.3) is 0 Å². The van der Waals surface area contributed by atoms with E-state index >= 15 is 0 Å². The van der Waals surface area contributed by atoms with Crippen molar-refractivity contribution in [2.75, 3.05) is 19.6 Å². The second-order valence-electron chi connectivity index (χ2n) is 3.85. The zero-order chi connectivity index (χ0) is 9.40. The van der Waals surface area contributed by atoms with Crippen LogP contribution in [0.4, 0.5) is 0 Å². The van der Waals surface area contributed by atoms with E-state index in [1.165, 1.54) is 38.9 Å². The minimum atomic E-state index is 0.943. The Labute approximate surface area is 78.1 Å². The molecule has 0 aliphatic carbocycles. The van der Waals surface area contributed by atoms with Crippen LogP contribution < -0.4 is 0 Å². The van der Waals surface area contributed by atoms with Gasteiger partial charge in [-0.15, -0.1) is 0 Å². The number of likely N-dealkylation sites (tertiary alicyclic amines) is 1. The molecule has 0 aromatic carbocycles. The first-order valence-corrected chi connectivity index (χ1v) is 5.46. The van der Waals surface area contributed by atoms with Crippen LogP contribution in [-0.2, 0) is 0 Å². The number of hydrogen-bond donors (Lipinski definition) is 0. The van der Waals surface area contributed by atoms with Gasteiger partial charge in [0.15, 0.2) is 0 Å². The van der Waals surface area contributed by atoms with Crippen molar-refractivity contribution in [1.29, 1.82) is 0 Å². The monoisotopic (exact) mass is 171 g/mol. The van der Waals surface area contributed by atoms with Gasteiger partial charge >= 0.3 is 0 Å². The predicted molar refractivity (Wildman–Crippen MR) is 56.5 cm³/mol. The van der Waals surface area contributed by atoms with Crippen molar-refractivity contribution in [3.8, 4) is 0 Å². The number of piperidine rings is 1. The number of hydrogen-bond acceptors (Lipinski definition) is 1. The molecule has 0 saturated carbocycles. The lowest BCUT2D eigenvalue weighted by atomic mass is 10.0. The molecular weight excluding hydrogens is 146 g/mol. The maximum Gasteiger partial charge on any atom is 0.000691 e. The molecule has 0 bridgehead atoms. The van der Waals surface area contributed by atoms with Crippen molar-refractivity contribution in [3.05, 3.63) is 0 Å². The average molecular weight is 171 g/mol. The summed E-state index contributed by atoms with van der Waals surface area (Å²) in [6.07, 6.45) is 4.10. The van der Waals surface area contributed by atoms with E-state index in [0.717, 1.165) is 5.92 Å². The molecule has 1 heterocycles. The van der Waals surface area contributed by atoms with Crippen LogP contribution >= 0.6 is 0 Å². The Morgan fingerprint density at radius 1 is 1.25 bits per heavy atom. The quantitative estimate of drug-likeness (QED) is 0.586. The van der Waals surface area contributed by atoms with Crippen molar-refractivity contribution in [1.82, 2.24) is 4.90 Å². The minimum absolute atomic E-state index is 0.943. The van der Waals surface area contributed by atoms with Gasteiger partial charge in [0.2, 0.25) is 0 Å². The van der Waals surface area contributed by atoms with Gasteiger partial charge in [0.25, 0.3) is 0 Å². The zero-order valence-electron chi connectivity index (χ0n) is 9.27. The summed E-state index contributed by atoms with van der Waals surface area (Å²) < 4.78 is 0. The first-order chi connectivity index (χ1) is 5.74. The largest absolute Gasteiger partial charge is 0.303 e. The molecule has 1 heteroatoms. The molecule has 1 fully saturated rings. The van der Waals surface area contributed by atoms with Crippen LogP contribution in [0.15, 0.2) is 0 Å². The highest BCUT2D eigenvalue weighted by Crippen LogP contribution is 2.14. The molecule has 74 valence electrons. The second-order valence-corrected chi connectivity index (χ2v) is 3.85. The molecule has 0 spiro atoms. The van der Waals surface area contributed by atoms with Gasteiger partial charge in [-0.25, -0.2) is 0 Å². The molecule has 0 radical (unpaired) electrons. The highest BCUT2D eigenvalue weighted by molar-refractivity contribution is 4.67. The van der Waals surface area contributed by atoms with Gasteiger partial charge in [0, 0.05) is 6.54 Å². The maximum absolute atomic E-state index is 2.54. The van der Waals surface area contributed by atoms with E-state index < -0.39 is 0 Å². The molecule has 12 heavy (non-hydrogen) atoms. The third kappa shape index (κ3) is 5.59. The summed E-state index contributed by atoms with van der Waals surface area (Å²) in [5.74, 6) is 0.943. The molecule has 1 aliphatic rings. The van der Waals surface area contributed by atoms with Crippen molar-refractivity contribution in [3.63, 3.8) is 0 Å². The van der Waals surface area contributed by atoms with Crippen molar-refractivity contribution >= 4 is 0 Å². The lowest BCUT2D eigenvalue weighted by molar-refractivity contribution is 0.192. The fourth-order valence-electron chi connectivity index (χ4n) is 1.57. The molecule has 1 saturated heterocycles. The van der Waals surface area contributed by atoms with Crippen molar-refractivity contribution in [2.24, 2.45) is 5.92 Å². The van der Waals surface area contributed by atoms with E-state index in [1.54, 1.807) is 0 Å². The van der Waals surface area contributed by atoms with Crippen LogP contribution in [0.5, 0.6) is 0 Å². The molecule has 1 aliphatic heterocycles. The van der Waals surface area contributed by atoms with Gasteiger partial charge < -0.3 is 4.90 Å². The van der Waals surface area contributed by atoms with Crippen LogP contribution in [0.1, 0.15) is 47.0 Å². The summed E-state index contributed by atoms with van der Waals surface area (Å²) in [5, 5.41) is 0. The Bertz CT molecular complexity index is 91.0. The summed E-state index contributed by atoms with van der Waals surface area (Å²) >= 11 is 0. The van der Waals surface area contributed by atoms with Crippen LogP contribution in [-0.4, -0.2) is 24.5 Å². The van der Waals surface area contributed by atoms with E-state index in [2.05, 4.69) is 32.6 Å². The van der Waals surface area contributed by atoms with Crippen LogP contribution in [0.3, 0.4) is 0 Å². The van der Waals surface area contributed by atoms with Gasteiger partial charge in [-0.3, -0.25) is 0 Å². The van der Waals surface area contributed by atoms with E-state index in [-0.39, 0.29) is 0 Å². The molecular formula is C11H25N. The molecule has 1 nitrogen and oxygen atoms in total. The number of nitrogens with zero attached hydrogens (tertiary/aromatic N) is 1. The molecule has 0 unspecified atom stereocenters. The first-order valence-electron chi connectivity index (χ1n) is 5.46. The maximum atomic E-state index is 2.54. The minimum Gasteiger partial charge on any atom is -0.303 e. The van der Waals surface area contributed by atoms with E-state index in [1.807, 2.05) is 0 Å². The highest BCUT2D eigenvalue weighted by Gasteiger charge is 2.13. The fraction of sp³-hybridized carbons (Fsp3) is 1.00. The molecule has 0 N–H and O–H groups in total. The van der Waals surface area contributed by atoms with Gasteiger partial charge in [-0.05, 0) is 31.8 Å². The zero-order valence-corrected chi connectivity index (χ0v) is 9.27. The Balaban J connectivity index is 0.000000354. The SMILES string of the molecule is CCC.CCN1CCC[C@H](C)C1. The van der Waals surface area contributed by atoms with Gasteiger partial charge in [-0.2, -0.15) is 0 Å². The van der Waals surface area contributed by atoms with Gasteiger partial charge in [-0.1, -0.05) is 34.1 Å². The third-order valence-electron chi connectivity index (χ3n) is 2.19. The Hall–Kier alpha value is -0.0400. The van der Waals surface area contributed by atoms with Crippen molar-refractivity contribution in [2.45, 2.75) is 47.0 Å². The van der Waals surface area contributed by atoms with Crippen molar-refractivity contribution < 1.29 is 0 Å². The lowest BCUT2D eigenvalue weighted by Gasteiger charge is -2.29. The highest BCUT2D eigenvalue weighted by atomic mass is 15.1. The molecule has 0 aromatic rings. The number of rotatable bonds is 1. The Morgan fingerprint density at radius 2 is 1.83 bits per heavy atom. The molecule has 0 aromatic heterocycles. The van der Waals surface area contributed by atoms with Crippen LogP contribution in [0, 0.1) is 5.92 Å². The van der Waals surface area contributed by atoms with E-state index in [9.17, 15) is 0 Å². The average Bonchev–Trinajstić information content (AvgIpc) is 2.06. The summed E-state index contributed by atoms with van der Waals surface area (Å²) in [6.45, 7) is 12.8. The molecule has 0 amide bonds. The standard InChI is InChI=1S/C8H17N.C3H8/c1-3-9-6-4-5-8(2)7-9;1-3-2/h8H,3-7H2,1-2H3;3H2,1-2H3/t8-;/m0./s1. The molecule has 1 rings (SSSR count). The lowest BCUT2D eigenvalue weighted by Crippen LogP contribution is -2.33. The predicted octanol–water partition coefficient (Wildman–Crippen LogP) is 3.15. The fourth-order valence-corrected chi connectivity index (χ4v) is 1.57. The van der Waals surface area contributed by atoms with E-state index in [4.69, 9.17) is 0 Å². The summed E-state index contributed by atoms with van der Waals surface area (Å²) in [4.78, 5) is 2.54. The first kappa shape index (κ1) is 12.0. The summed E-state index contributed by atoms with van der Waals surface area (Å²) in [7, 11) is 0. The molecule has 1 atom stereocenters. The smallest absolute Gasteiger partial charge is 0.000691 e. The second kappa shape index (κ2) is 7.60. The van der Waals surface area contributed by atoms with Crippen LogP contribution in [0.2, 0.25) is 0 Å². The topological polar surface area (TPSA) is 3.24 Å². The Kier molecular flexibility index (Phi) is 7.58. The third-order valence-corrected chi connectivity index (χ3v) is 2.19. The van der Waals surface area contributed by atoms with Gasteiger partial charge in [0.05, 0.1) is 0 Å². The Morgan fingerprint density at radius 3 is 2.17 bits per heavy atom. The normalized spacial score (nSPS) is 24.5. The summed E-state index contributed by atoms with van der Waals surface area (Å²) in [6, 6.07) is 0.